The van der Waals surface area contributed by atoms with Crippen molar-refractivity contribution in [3.63, 3.8) is 0 Å². The van der Waals surface area contributed by atoms with E-state index >= 15 is 0 Å². The van der Waals surface area contributed by atoms with Crippen molar-refractivity contribution in [2.75, 3.05) is 33.4 Å². The van der Waals surface area contributed by atoms with Crippen molar-refractivity contribution < 1.29 is 19.1 Å². The van der Waals surface area contributed by atoms with Crippen molar-refractivity contribution in [1.29, 1.82) is 0 Å². The van der Waals surface area contributed by atoms with Gasteiger partial charge in [-0.15, -0.1) is 0 Å². The van der Waals surface area contributed by atoms with Crippen LogP contribution in [0.4, 0.5) is 0 Å². The van der Waals surface area contributed by atoms with Crippen LogP contribution in [-0.2, 0) is 9.53 Å². The number of aromatic amines is 1. The average Bonchev–Trinajstić information content (AvgIpc) is 3.54. The van der Waals surface area contributed by atoms with Gasteiger partial charge in [0.1, 0.15) is 29.9 Å². The number of fused-ring (bicyclic) bond motifs is 1. The number of benzene rings is 1. The highest BCUT2D eigenvalue weighted by atomic mass is 16.5. The molecule has 9 heteroatoms. The largest absolute Gasteiger partial charge is 0.493 e. The summed E-state index contributed by atoms with van der Waals surface area (Å²) in [5.41, 5.74) is 4.87. The van der Waals surface area contributed by atoms with Crippen LogP contribution in [0, 0.1) is 25.2 Å². The number of aromatic nitrogens is 3. The van der Waals surface area contributed by atoms with Crippen molar-refractivity contribution in [3.8, 4) is 17.0 Å². The van der Waals surface area contributed by atoms with Gasteiger partial charge in [0.25, 0.3) is 5.91 Å². The summed E-state index contributed by atoms with van der Waals surface area (Å²) in [6.45, 7) is 9.74. The van der Waals surface area contributed by atoms with E-state index in [4.69, 9.17) is 9.47 Å². The molecule has 37 heavy (non-hydrogen) atoms. The SMILES string of the molecule is COCC(=O)N1CC(NC(=O)c2c(C)[nH]c3c(-c4cc(C)ccc4OCC4CC4)ncnc23)C(C)(C)C1. The standard InChI is InChI=1S/C28H35N5O4/c1-16-6-9-20(37-12-18-7-8-18)19(10-16)24-26-25(30-15-29-24)23(17(2)31-26)27(35)32-21-11-33(14-28(21,3)4)22(34)13-36-5/h6,9-10,15,18,21,31H,7-8,11-14H2,1-5H3,(H,32,35). The molecular weight excluding hydrogens is 470 g/mol. The number of likely N-dealkylation sites (tertiary alicyclic amines) is 1. The molecule has 1 unspecified atom stereocenters. The van der Waals surface area contributed by atoms with E-state index in [1.807, 2.05) is 26.0 Å². The van der Waals surface area contributed by atoms with E-state index < -0.39 is 0 Å². The van der Waals surface area contributed by atoms with Crippen LogP contribution in [0.25, 0.3) is 22.3 Å². The second-order valence-corrected chi connectivity index (χ2v) is 11.0. The van der Waals surface area contributed by atoms with Gasteiger partial charge in [-0.1, -0.05) is 25.5 Å². The van der Waals surface area contributed by atoms with Crippen LogP contribution in [0.3, 0.4) is 0 Å². The van der Waals surface area contributed by atoms with Crippen molar-refractivity contribution in [2.24, 2.45) is 11.3 Å². The predicted octanol–water partition coefficient (Wildman–Crippen LogP) is 3.64. The lowest BCUT2D eigenvalue weighted by Gasteiger charge is -2.26. The van der Waals surface area contributed by atoms with Gasteiger partial charge in [-0.2, -0.15) is 0 Å². The van der Waals surface area contributed by atoms with Crippen molar-refractivity contribution in [3.05, 3.63) is 41.3 Å². The first kappa shape index (κ1) is 25.2. The molecule has 3 aromatic rings. The molecule has 3 heterocycles. The zero-order chi connectivity index (χ0) is 26.3. The first-order chi connectivity index (χ1) is 17.7. The Morgan fingerprint density at radius 3 is 2.73 bits per heavy atom. The molecule has 1 atom stereocenters. The smallest absolute Gasteiger partial charge is 0.255 e. The summed E-state index contributed by atoms with van der Waals surface area (Å²) >= 11 is 0. The number of carbonyl (C=O) groups is 2. The van der Waals surface area contributed by atoms with Gasteiger partial charge < -0.3 is 24.7 Å². The van der Waals surface area contributed by atoms with E-state index in [1.165, 1.54) is 26.3 Å². The van der Waals surface area contributed by atoms with Crippen molar-refractivity contribution >= 4 is 22.8 Å². The van der Waals surface area contributed by atoms with Gasteiger partial charge in [0.15, 0.2) is 0 Å². The number of ether oxygens (including phenoxy) is 2. The quantitative estimate of drug-likeness (QED) is 0.484. The van der Waals surface area contributed by atoms with Gasteiger partial charge in [-0.3, -0.25) is 9.59 Å². The molecule has 5 rings (SSSR count). The number of amides is 2. The molecule has 2 aliphatic rings. The fourth-order valence-electron chi connectivity index (χ4n) is 5.06. The molecule has 1 aliphatic carbocycles. The Hall–Kier alpha value is -3.46. The summed E-state index contributed by atoms with van der Waals surface area (Å²) in [7, 11) is 1.51. The Morgan fingerprint density at radius 1 is 1.22 bits per heavy atom. The Kier molecular flexibility index (Phi) is 6.66. The Morgan fingerprint density at radius 2 is 2.00 bits per heavy atom. The number of rotatable bonds is 8. The number of methoxy groups -OCH3 is 1. The molecule has 2 aromatic heterocycles. The second-order valence-electron chi connectivity index (χ2n) is 11.0. The lowest BCUT2D eigenvalue weighted by molar-refractivity contribution is -0.134. The summed E-state index contributed by atoms with van der Waals surface area (Å²) in [5, 5.41) is 3.17. The third kappa shape index (κ3) is 5.05. The van der Waals surface area contributed by atoms with E-state index in [2.05, 4.69) is 40.2 Å². The zero-order valence-electron chi connectivity index (χ0n) is 22.2. The van der Waals surface area contributed by atoms with Crippen LogP contribution in [0.2, 0.25) is 0 Å². The number of carbonyl (C=O) groups excluding carboxylic acids is 2. The van der Waals surface area contributed by atoms with E-state index in [9.17, 15) is 9.59 Å². The normalized spacial score (nSPS) is 18.8. The molecule has 2 N–H and O–H groups in total. The molecule has 196 valence electrons. The number of nitrogens with one attached hydrogen (secondary N) is 2. The van der Waals surface area contributed by atoms with Gasteiger partial charge in [0.2, 0.25) is 5.91 Å². The van der Waals surface area contributed by atoms with Gasteiger partial charge >= 0.3 is 0 Å². The van der Waals surface area contributed by atoms with E-state index in [1.54, 1.807) is 4.90 Å². The molecule has 0 spiro atoms. The molecular formula is C28H35N5O4. The summed E-state index contributed by atoms with van der Waals surface area (Å²) in [5.74, 6) is 1.11. The van der Waals surface area contributed by atoms with Gasteiger partial charge in [0, 0.05) is 36.9 Å². The number of hydrogen-bond donors (Lipinski definition) is 2. The maximum Gasteiger partial charge on any atom is 0.255 e. The number of nitrogens with zero attached hydrogens (tertiary/aromatic N) is 3. The fraction of sp³-hybridized carbons (Fsp3) is 0.500. The molecule has 1 aliphatic heterocycles. The van der Waals surface area contributed by atoms with Crippen LogP contribution >= 0.6 is 0 Å². The minimum absolute atomic E-state index is 0.0311. The lowest BCUT2D eigenvalue weighted by Crippen LogP contribution is -2.44. The number of H-pyrrole nitrogens is 1. The first-order valence-corrected chi connectivity index (χ1v) is 12.8. The molecule has 1 saturated heterocycles. The van der Waals surface area contributed by atoms with Crippen LogP contribution in [0.15, 0.2) is 24.5 Å². The van der Waals surface area contributed by atoms with E-state index in [-0.39, 0.29) is 29.9 Å². The average molecular weight is 506 g/mol. The Labute approximate surface area is 217 Å². The van der Waals surface area contributed by atoms with Crippen molar-refractivity contribution in [1.82, 2.24) is 25.2 Å². The molecule has 1 aromatic carbocycles. The molecule has 0 radical (unpaired) electrons. The maximum absolute atomic E-state index is 13.6. The third-order valence-electron chi connectivity index (χ3n) is 7.43. The van der Waals surface area contributed by atoms with E-state index in [0.29, 0.717) is 53.6 Å². The molecule has 9 nitrogen and oxygen atoms in total. The first-order valence-electron chi connectivity index (χ1n) is 12.8. The highest BCUT2D eigenvalue weighted by Crippen LogP contribution is 2.37. The maximum atomic E-state index is 13.6. The highest BCUT2D eigenvalue weighted by Gasteiger charge is 2.42. The highest BCUT2D eigenvalue weighted by molar-refractivity contribution is 6.09. The van der Waals surface area contributed by atoms with Crippen LogP contribution in [-0.4, -0.2) is 71.1 Å². The summed E-state index contributed by atoms with van der Waals surface area (Å²) in [4.78, 5) is 40.2. The summed E-state index contributed by atoms with van der Waals surface area (Å²) in [6.07, 6.45) is 3.92. The van der Waals surface area contributed by atoms with Gasteiger partial charge in [0.05, 0.1) is 23.7 Å². The third-order valence-corrected chi connectivity index (χ3v) is 7.43. The van der Waals surface area contributed by atoms with Crippen LogP contribution < -0.4 is 10.1 Å². The lowest BCUT2D eigenvalue weighted by atomic mass is 9.87. The fourth-order valence-corrected chi connectivity index (χ4v) is 5.06. The van der Waals surface area contributed by atoms with Crippen molar-refractivity contribution in [2.45, 2.75) is 46.6 Å². The topological polar surface area (TPSA) is 109 Å². The molecule has 2 amide bonds. The summed E-state index contributed by atoms with van der Waals surface area (Å²) in [6, 6.07) is 5.88. The predicted molar refractivity (Wildman–Crippen MR) is 141 cm³/mol. The Bertz CT molecular complexity index is 1340. The van der Waals surface area contributed by atoms with E-state index in [0.717, 1.165) is 16.9 Å². The van der Waals surface area contributed by atoms with Gasteiger partial charge in [-0.05, 0) is 44.7 Å². The summed E-state index contributed by atoms with van der Waals surface area (Å²) < 4.78 is 11.2. The molecule has 1 saturated carbocycles. The van der Waals surface area contributed by atoms with Crippen LogP contribution in [0.5, 0.6) is 5.75 Å². The zero-order valence-corrected chi connectivity index (χ0v) is 22.2. The second kappa shape index (κ2) is 9.78. The molecule has 0 bridgehead atoms. The van der Waals surface area contributed by atoms with Crippen LogP contribution in [0.1, 0.15) is 48.3 Å². The minimum atomic E-state index is -0.283. The minimum Gasteiger partial charge on any atom is -0.493 e. The number of hydrogen-bond acceptors (Lipinski definition) is 6. The molecule has 2 fully saturated rings. The number of aryl methyl sites for hydroxylation is 2. The van der Waals surface area contributed by atoms with Gasteiger partial charge in [-0.25, -0.2) is 9.97 Å². The monoisotopic (exact) mass is 505 g/mol. The Balaban J connectivity index is 1.45.